The second-order valence-electron chi connectivity index (χ2n) is 8.82. The smallest absolute Gasteiger partial charge is 0.326 e. The maximum Gasteiger partial charge on any atom is 0.326 e. The van der Waals surface area contributed by atoms with E-state index >= 15 is 0 Å². The highest BCUT2D eigenvalue weighted by Crippen LogP contribution is 2.19. The van der Waals surface area contributed by atoms with E-state index < -0.39 is 41.8 Å². The number of aliphatic carboxylic acids is 1. The Morgan fingerprint density at radius 3 is 2.24 bits per heavy atom. The van der Waals surface area contributed by atoms with Crippen molar-refractivity contribution in [2.45, 2.75) is 37.4 Å². The van der Waals surface area contributed by atoms with Crippen LogP contribution in [0.4, 0.5) is 0 Å². The number of benzene rings is 2. The number of carbonyl (C=O) groups excluding carboxylic acids is 3. The van der Waals surface area contributed by atoms with Crippen LogP contribution in [0.1, 0.15) is 17.5 Å². The number of hydrogen-bond donors (Lipinski definition) is 6. The van der Waals surface area contributed by atoms with Gasteiger partial charge in [-0.3, -0.25) is 14.4 Å². The van der Waals surface area contributed by atoms with E-state index in [-0.39, 0.29) is 25.8 Å². The maximum absolute atomic E-state index is 13.2. The van der Waals surface area contributed by atoms with Crippen LogP contribution in [0.5, 0.6) is 0 Å². The van der Waals surface area contributed by atoms with E-state index in [1.54, 1.807) is 6.20 Å². The van der Waals surface area contributed by atoms with Gasteiger partial charge >= 0.3 is 5.97 Å². The first-order valence-corrected chi connectivity index (χ1v) is 13.6. The van der Waals surface area contributed by atoms with Crippen LogP contribution < -0.4 is 21.7 Å². The minimum absolute atomic E-state index is 0.0669. The van der Waals surface area contributed by atoms with Gasteiger partial charge in [-0.25, -0.2) is 4.79 Å². The molecule has 0 aliphatic heterocycles. The van der Waals surface area contributed by atoms with E-state index in [0.29, 0.717) is 5.75 Å². The number of thioether (sulfide) groups is 1. The van der Waals surface area contributed by atoms with Crippen LogP contribution in [0.3, 0.4) is 0 Å². The number of carboxylic acid groups (broad SMARTS) is 1. The quantitative estimate of drug-likeness (QED) is 0.179. The monoisotopic (exact) mass is 539 g/mol. The van der Waals surface area contributed by atoms with Gasteiger partial charge in [-0.05, 0) is 35.6 Å². The van der Waals surface area contributed by atoms with Crippen molar-refractivity contribution >= 4 is 46.4 Å². The average Bonchev–Trinajstić information content (AvgIpc) is 3.33. The van der Waals surface area contributed by atoms with E-state index in [2.05, 4.69) is 20.9 Å². The van der Waals surface area contributed by atoms with Crippen LogP contribution in [-0.2, 0) is 32.0 Å². The Balaban J connectivity index is 1.74. The Morgan fingerprint density at radius 2 is 1.55 bits per heavy atom. The molecule has 10 nitrogen and oxygen atoms in total. The topological polar surface area (TPSA) is 166 Å². The number of carboxylic acids is 1. The van der Waals surface area contributed by atoms with E-state index in [0.717, 1.165) is 22.0 Å². The lowest BCUT2D eigenvalue weighted by Crippen LogP contribution is -2.57. The second kappa shape index (κ2) is 14.2. The summed E-state index contributed by atoms with van der Waals surface area (Å²) in [7, 11) is 0. The minimum atomic E-state index is -1.20. The molecule has 202 valence electrons. The molecule has 0 bridgehead atoms. The molecule has 0 aliphatic rings. The number of rotatable bonds is 14. The lowest BCUT2D eigenvalue weighted by Gasteiger charge is -2.24. The number of H-pyrrole nitrogens is 1. The minimum Gasteiger partial charge on any atom is -0.480 e. The molecule has 7 N–H and O–H groups in total. The van der Waals surface area contributed by atoms with Gasteiger partial charge in [-0.2, -0.15) is 11.8 Å². The molecular weight excluding hydrogens is 506 g/mol. The normalized spacial score (nSPS) is 13.3. The van der Waals surface area contributed by atoms with Gasteiger partial charge in [-0.15, -0.1) is 0 Å². The summed E-state index contributed by atoms with van der Waals surface area (Å²) >= 11 is 1.49. The first-order chi connectivity index (χ1) is 18.3. The van der Waals surface area contributed by atoms with E-state index in [4.69, 9.17) is 5.73 Å². The molecule has 3 atom stereocenters. The number of nitrogens with two attached hydrogens (primary N) is 1. The number of fused-ring (bicyclic) bond motifs is 1. The second-order valence-corrected chi connectivity index (χ2v) is 9.81. The SMILES string of the molecule is CSCCC(NC(=O)C(Cc1ccccc1)NC(=O)CN)C(=O)NC(Cc1c[nH]c2ccccc12)C(=O)O. The van der Waals surface area contributed by atoms with Crippen LogP contribution in [0.15, 0.2) is 60.8 Å². The molecule has 0 radical (unpaired) electrons. The number of aromatic amines is 1. The molecule has 11 heteroatoms. The van der Waals surface area contributed by atoms with Crippen molar-refractivity contribution in [1.29, 1.82) is 0 Å². The van der Waals surface area contributed by atoms with Crippen molar-refractivity contribution in [2.24, 2.45) is 5.73 Å². The first-order valence-electron chi connectivity index (χ1n) is 12.2. The molecule has 1 heterocycles. The van der Waals surface area contributed by atoms with Crippen molar-refractivity contribution in [1.82, 2.24) is 20.9 Å². The van der Waals surface area contributed by atoms with Crippen molar-refractivity contribution in [2.75, 3.05) is 18.6 Å². The average molecular weight is 540 g/mol. The number of hydrogen-bond acceptors (Lipinski definition) is 6. The van der Waals surface area contributed by atoms with Crippen LogP contribution in [0, 0.1) is 0 Å². The van der Waals surface area contributed by atoms with E-state index in [1.807, 2.05) is 60.9 Å². The number of para-hydroxylation sites is 1. The van der Waals surface area contributed by atoms with Gasteiger partial charge in [-0.1, -0.05) is 48.5 Å². The summed E-state index contributed by atoms with van der Waals surface area (Å²) in [6.07, 6.45) is 4.15. The van der Waals surface area contributed by atoms with Gasteiger partial charge in [0, 0.05) is 29.9 Å². The Morgan fingerprint density at radius 1 is 0.895 bits per heavy atom. The highest BCUT2D eigenvalue weighted by molar-refractivity contribution is 7.98. The Bertz CT molecular complexity index is 1250. The predicted octanol–water partition coefficient (Wildman–Crippen LogP) is 1.20. The third-order valence-electron chi connectivity index (χ3n) is 6.08. The Labute approximate surface area is 225 Å². The molecule has 3 aromatic rings. The zero-order valence-electron chi connectivity index (χ0n) is 21.1. The highest BCUT2D eigenvalue weighted by atomic mass is 32.2. The number of amides is 3. The van der Waals surface area contributed by atoms with Gasteiger partial charge in [0.15, 0.2) is 0 Å². The fourth-order valence-electron chi connectivity index (χ4n) is 4.08. The molecule has 3 amide bonds. The van der Waals surface area contributed by atoms with Crippen LogP contribution in [0.25, 0.3) is 10.9 Å². The lowest BCUT2D eigenvalue weighted by molar-refractivity contribution is -0.142. The molecule has 0 spiro atoms. The number of carbonyl (C=O) groups is 4. The standard InChI is InChI=1S/C27H33N5O5S/c1-38-12-11-21(31-26(35)22(30-24(33)15-28)13-17-7-3-2-4-8-17)25(34)32-23(27(36)37)14-18-16-29-20-10-6-5-9-19(18)20/h2-10,16,21-23,29H,11-15,28H2,1H3,(H,30,33)(H,31,35)(H,32,34)(H,36,37). The molecule has 3 unspecified atom stereocenters. The lowest BCUT2D eigenvalue weighted by atomic mass is 10.0. The van der Waals surface area contributed by atoms with Crippen LogP contribution >= 0.6 is 11.8 Å². The molecule has 0 fully saturated rings. The molecule has 3 rings (SSSR count). The zero-order chi connectivity index (χ0) is 27.5. The molecule has 2 aromatic carbocycles. The number of nitrogens with one attached hydrogen (secondary N) is 4. The summed E-state index contributed by atoms with van der Waals surface area (Å²) in [6, 6.07) is 13.5. The number of aromatic nitrogens is 1. The fourth-order valence-corrected chi connectivity index (χ4v) is 4.55. The van der Waals surface area contributed by atoms with Gasteiger partial charge in [0.2, 0.25) is 17.7 Å². The Kier molecular flexibility index (Phi) is 10.7. The zero-order valence-corrected chi connectivity index (χ0v) is 21.9. The summed E-state index contributed by atoms with van der Waals surface area (Å²) in [5.74, 6) is -2.30. The fraction of sp³-hybridized carbons (Fsp3) is 0.333. The van der Waals surface area contributed by atoms with Crippen molar-refractivity contribution in [3.8, 4) is 0 Å². The third-order valence-corrected chi connectivity index (χ3v) is 6.72. The molecule has 0 aliphatic carbocycles. The molecular formula is C27H33N5O5S. The van der Waals surface area contributed by atoms with Gasteiger partial charge in [0.1, 0.15) is 18.1 Å². The summed E-state index contributed by atoms with van der Waals surface area (Å²) in [4.78, 5) is 53.6. The summed E-state index contributed by atoms with van der Waals surface area (Å²) in [6.45, 7) is -0.289. The maximum atomic E-state index is 13.2. The summed E-state index contributed by atoms with van der Waals surface area (Å²) in [5, 5.41) is 18.6. The summed E-state index contributed by atoms with van der Waals surface area (Å²) in [5.41, 5.74) is 7.88. The first kappa shape index (κ1) is 28.7. The van der Waals surface area contributed by atoms with Crippen molar-refractivity contribution in [3.63, 3.8) is 0 Å². The van der Waals surface area contributed by atoms with Gasteiger partial charge in [0.05, 0.1) is 6.54 Å². The largest absolute Gasteiger partial charge is 0.480 e. The predicted molar refractivity (Wildman–Crippen MR) is 148 cm³/mol. The highest BCUT2D eigenvalue weighted by Gasteiger charge is 2.30. The molecule has 38 heavy (non-hydrogen) atoms. The Hall–Kier alpha value is -3.83. The van der Waals surface area contributed by atoms with Gasteiger partial charge in [0.25, 0.3) is 0 Å². The van der Waals surface area contributed by atoms with E-state index in [1.165, 1.54) is 11.8 Å². The molecule has 0 saturated carbocycles. The van der Waals surface area contributed by atoms with Crippen LogP contribution in [-0.4, -0.2) is 70.5 Å². The van der Waals surface area contributed by atoms with Crippen LogP contribution in [0.2, 0.25) is 0 Å². The summed E-state index contributed by atoms with van der Waals surface area (Å²) < 4.78 is 0. The third kappa shape index (κ3) is 8.09. The molecule has 0 saturated heterocycles. The van der Waals surface area contributed by atoms with E-state index in [9.17, 15) is 24.3 Å². The molecule has 1 aromatic heterocycles. The van der Waals surface area contributed by atoms with Gasteiger partial charge < -0.3 is 31.8 Å². The van der Waals surface area contributed by atoms with Crippen molar-refractivity contribution in [3.05, 3.63) is 71.9 Å². The van der Waals surface area contributed by atoms with Crippen molar-refractivity contribution < 1.29 is 24.3 Å².